The summed E-state index contributed by atoms with van der Waals surface area (Å²) in [5.74, 6) is 0.828. The molecule has 0 bridgehead atoms. The number of hydrogen-bond acceptors (Lipinski definition) is 3. The van der Waals surface area contributed by atoms with E-state index in [2.05, 4.69) is 31.0 Å². The van der Waals surface area contributed by atoms with Gasteiger partial charge in [-0.25, -0.2) is 0 Å². The normalized spacial score (nSPS) is 25.1. The molecule has 24 heavy (non-hydrogen) atoms. The van der Waals surface area contributed by atoms with E-state index in [9.17, 15) is 5.11 Å². The zero-order valence-electron chi connectivity index (χ0n) is 14.5. The molecule has 0 saturated carbocycles. The first-order valence-electron chi connectivity index (χ1n) is 8.91. The molecule has 0 amide bonds. The molecular formula is C21H25NO2. The van der Waals surface area contributed by atoms with E-state index in [4.69, 9.17) is 4.74 Å². The van der Waals surface area contributed by atoms with Crippen LogP contribution >= 0.6 is 0 Å². The van der Waals surface area contributed by atoms with Crippen molar-refractivity contribution in [1.82, 2.24) is 4.98 Å². The highest BCUT2D eigenvalue weighted by Gasteiger charge is 2.44. The maximum Gasteiger partial charge on any atom is 0.136 e. The number of aliphatic hydroxyl groups is 1. The molecule has 2 heterocycles. The molecule has 1 atom stereocenters. The van der Waals surface area contributed by atoms with Crippen molar-refractivity contribution >= 4 is 0 Å². The van der Waals surface area contributed by atoms with E-state index in [1.165, 1.54) is 24.0 Å². The molecule has 0 radical (unpaired) electrons. The molecule has 0 spiro atoms. The average molecular weight is 323 g/mol. The summed E-state index contributed by atoms with van der Waals surface area (Å²) in [7, 11) is 0. The summed E-state index contributed by atoms with van der Waals surface area (Å²) in [6.45, 7) is 4.90. The van der Waals surface area contributed by atoms with Crippen molar-refractivity contribution in [2.24, 2.45) is 5.41 Å². The maximum absolute atomic E-state index is 11.8. The van der Waals surface area contributed by atoms with Gasteiger partial charge in [0.15, 0.2) is 0 Å². The number of fused-ring (bicyclic) bond motifs is 2. The van der Waals surface area contributed by atoms with Gasteiger partial charge in [0, 0.05) is 17.2 Å². The number of aromatic nitrogens is 1. The molecule has 1 aliphatic carbocycles. The van der Waals surface area contributed by atoms with Gasteiger partial charge in [-0.15, -0.1) is 0 Å². The highest BCUT2D eigenvalue weighted by Crippen LogP contribution is 2.47. The summed E-state index contributed by atoms with van der Waals surface area (Å²) in [6, 6.07) is 10.1. The van der Waals surface area contributed by atoms with E-state index in [0.717, 1.165) is 24.2 Å². The zero-order chi connectivity index (χ0) is 16.8. The first-order chi connectivity index (χ1) is 11.5. The molecule has 0 fully saturated rings. The van der Waals surface area contributed by atoms with Crippen LogP contribution in [0.1, 0.15) is 55.5 Å². The van der Waals surface area contributed by atoms with Gasteiger partial charge in [0.2, 0.25) is 0 Å². The Bertz CT molecular complexity index is 754. The molecule has 2 aliphatic rings. The summed E-state index contributed by atoms with van der Waals surface area (Å²) in [5, 5.41) is 11.8. The molecule has 1 aromatic carbocycles. The number of pyridine rings is 1. The number of nitrogens with zero attached hydrogens (tertiary/aromatic N) is 1. The molecule has 2 aromatic rings. The molecule has 1 aliphatic heterocycles. The van der Waals surface area contributed by atoms with Gasteiger partial charge in [-0.1, -0.05) is 19.9 Å². The Hall–Kier alpha value is -1.87. The second-order valence-corrected chi connectivity index (χ2v) is 8.03. The Kier molecular flexibility index (Phi) is 3.65. The Labute approximate surface area is 143 Å². The standard InChI is InChI=1S/C21H25NO2/c1-20(2)13-21(23,19-9-5-6-10-22-19)17-11-15-7-3-4-8-16(15)12-18(17)24-14-20/h5-6,9-12,23H,3-4,7-8,13-14H2,1-2H3. The van der Waals surface area contributed by atoms with Gasteiger partial charge in [-0.3, -0.25) is 4.98 Å². The second kappa shape index (κ2) is 5.59. The highest BCUT2D eigenvalue weighted by molar-refractivity contribution is 5.50. The lowest BCUT2D eigenvalue weighted by Gasteiger charge is -2.33. The van der Waals surface area contributed by atoms with Crippen LogP contribution in [0.2, 0.25) is 0 Å². The number of benzene rings is 1. The SMILES string of the molecule is CC1(C)COc2cc3c(cc2C(O)(c2ccccn2)C1)CCCC3. The monoisotopic (exact) mass is 323 g/mol. The van der Waals surface area contributed by atoms with Gasteiger partial charge < -0.3 is 9.84 Å². The van der Waals surface area contributed by atoms with E-state index in [1.807, 2.05) is 18.2 Å². The van der Waals surface area contributed by atoms with Crippen LogP contribution in [-0.2, 0) is 18.4 Å². The van der Waals surface area contributed by atoms with Gasteiger partial charge in [0.05, 0.1) is 12.3 Å². The highest BCUT2D eigenvalue weighted by atomic mass is 16.5. The van der Waals surface area contributed by atoms with Crippen molar-refractivity contribution in [3.8, 4) is 5.75 Å². The van der Waals surface area contributed by atoms with Crippen LogP contribution in [0.3, 0.4) is 0 Å². The van der Waals surface area contributed by atoms with Crippen LogP contribution in [0.15, 0.2) is 36.5 Å². The van der Waals surface area contributed by atoms with Crippen LogP contribution in [0, 0.1) is 5.41 Å². The summed E-state index contributed by atoms with van der Waals surface area (Å²) in [6.07, 6.45) is 7.01. The van der Waals surface area contributed by atoms with Crippen LogP contribution < -0.4 is 4.74 Å². The topological polar surface area (TPSA) is 42.4 Å². The molecule has 1 N–H and O–H groups in total. The van der Waals surface area contributed by atoms with Crippen LogP contribution in [0.25, 0.3) is 0 Å². The first-order valence-corrected chi connectivity index (χ1v) is 8.91. The average Bonchev–Trinajstić information content (AvgIpc) is 2.69. The van der Waals surface area contributed by atoms with Crippen molar-refractivity contribution in [3.63, 3.8) is 0 Å². The largest absolute Gasteiger partial charge is 0.493 e. The van der Waals surface area contributed by atoms with Gasteiger partial charge in [-0.05, 0) is 67.5 Å². The lowest BCUT2D eigenvalue weighted by molar-refractivity contribution is 0.0265. The summed E-state index contributed by atoms with van der Waals surface area (Å²) in [4.78, 5) is 4.49. The van der Waals surface area contributed by atoms with E-state index in [0.29, 0.717) is 18.7 Å². The molecule has 1 unspecified atom stereocenters. The third-order valence-electron chi connectivity index (χ3n) is 5.33. The van der Waals surface area contributed by atoms with Crippen LogP contribution in [0.5, 0.6) is 5.75 Å². The second-order valence-electron chi connectivity index (χ2n) is 8.03. The molecule has 126 valence electrons. The maximum atomic E-state index is 11.8. The van der Waals surface area contributed by atoms with Crippen molar-refractivity contribution in [2.75, 3.05) is 6.61 Å². The summed E-state index contributed by atoms with van der Waals surface area (Å²) >= 11 is 0. The van der Waals surface area contributed by atoms with Crippen molar-refractivity contribution in [3.05, 3.63) is 58.9 Å². The van der Waals surface area contributed by atoms with Gasteiger partial charge in [-0.2, -0.15) is 0 Å². The van der Waals surface area contributed by atoms with E-state index < -0.39 is 5.60 Å². The Morgan fingerprint density at radius 3 is 2.54 bits per heavy atom. The number of ether oxygens (including phenoxy) is 1. The minimum Gasteiger partial charge on any atom is -0.493 e. The summed E-state index contributed by atoms with van der Waals surface area (Å²) in [5.41, 5.74) is 3.09. The third-order valence-corrected chi connectivity index (χ3v) is 5.33. The van der Waals surface area contributed by atoms with Gasteiger partial charge in [0.25, 0.3) is 0 Å². The molecule has 3 heteroatoms. The quantitative estimate of drug-likeness (QED) is 0.862. The van der Waals surface area contributed by atoms with Gasteiger partial charge in [0.1, 0.15) is 11.4 Å². The fourth-order valence-corrected chi connectivity index (χ4v) is 4.15. The van der Waals surface area contributed by atoms with E-state index in [1.54, 1.807) is 6.20 Å². The van der Waals surface area contributed by atoms with Crippen LogP contribution in [-0.4, -0.2) is 16.7 Å². The fraction of sp³-hybridized carbons (Fsp3) is 0.476. The lowest BCUT2D eigenvalue weighted by atomic mass is 9.75. The van der Waals surface area contributed by atoms with E-state index in [-0.39, 0.29) is 5.41 Å². The molecule has 4 rings (SSSR count). The zero-order valence-corrected chi connectivity index (χ0v) is 14.5. The lowest BCUT2D eigenvalue weighted by Crippen LogP contribution is -2.34. The van der Waals surface area contributed by atoms with Crippen molar-refractivity contribution in [1.29, 1.82) is 0 Å². The third kappa shape index (κ3) is 2.61. The number of rotatable bonds is 1. The van der Waals surface area contributed by atoms with Crippen LogP contribution in [0.4, 0.5) is 0 Å². The predicted octanol–water partition coefficient (Wildman–Crippen LogP) is 4.01. The molecule has 0 saturated heterocycles. The van der Waals surface area contributed by atoms with Gasteiger partial charge >= 0.3 is 0 Å². The summed E-state index contributed by atoms with van der Waals surface area (Å²) < 4.78 is 6.16. The molecule has 3 nitrogen and oxygen atoms in total. The minimum absolute atomic E-state index is 0.133. The Balaban J connectivity index is 1.92. The number of hydrogen-bond donors (Lipinski definition) is 1. The fourth-order valence-electron chi connectivity index (χ4n) is 4.15. The van der Waals surface area contributed by atoms with E-state index >= 15 is 0 Å². The number of aryl methyl sites for hydroxylation is 2. The Morgan fingerprint density at radius 1 is 1.08 bits per heavy atom. The van der Waals surface area contributed by atoms with Crippen molar-refractivity contribution < 1.29 is 9.84 Å². The van der Waals surface area contributed by atoms with Crippen molar-refractivity contribution in [2.45, 2.75) is 51.6 Å². The molecule has 1 aromatic heterocycles. The first kappa shape index (κ1) is 15.6. The Morgan fingerprint density at radius 2 is 1.83 bits per heavy atom. The minimum atomic E-state index is -1.11. The predicted molar refractivity (Wildman–Crippen MR) is 94.2 cm³/mol. The molecular weight excluding hydrogens is 298 g/mol. The smallest absolute Gasteiger partial charge is 0.136 e.